The standard InChI is InChI=1S/2C11H10N5.C4H6O6/c2*12-4-1-7-16-8-3-10(9-15-16)11-13-5-2-6-14-11;5-1(3(7)8)2(6)4(9)10/h2*2-3,5-6,8-9H,1,7H2;1-2,5-6H,(H,7,8)(H,9,10)/q2*+1;/p-2. The van der Waals surface area contributed by atoms with Crippen LogP contribution >= 0.6 is 0 Å². The van der Waals surface area contributed by atoms with E-state index in [9.17, 15) is 19.8 Å². The number of nitrogens with zero attached hydrogens (tertiary/aromatic N) is 10. The molecule has 0 aliphatic heterocycles. The molecule has 0 saturated heterocycles. The molecule has 42 heavy (non-hydrogen) atoms. The van der Waals surface area contributed by atoms with Crippen molar-refractivity contribution < 1.29 is 39.4 Å². The second-order valence-corrected chi connectivity index (χ2v) is 7.85. The third-order valence-electron chi connectivity index (χ3n) is 4.88. The zero-order chi connectivity index (χ0) is 30.7. The maximum Gasteiger partial charge on any atom is 0.197 e. The van der Waals surface area contributed by atoms with Crippen molar-refractivity contribution >= 4 is 11.9 Å². The number of carbonyl (C=O) groups is 2. The van der Waals surface area contributed by atoms with Crippen molar-refractivity contribution in [3.05, 3.63) is 73.8 Å². The van der Waals surface area contributed by atoms with Crippen molar-refractivity contribution in [2.24, 2.45) is 0 Å². The monoisotopic (exact) mass is 572 g/mol. The number of carboxylic acid groups (broad SMARTS) is 2. The van der Waals surface area contributed by atoms with Crippen LogP contribution in [-0.2, 0) is 22.7 Å². The first-order valence-electron chi connectivity index (χ1n) is 12.0. The van der Waals surface area contributed by atoms with Crippen LogP contribution in [0.3, 0.4) is 0 Å². The van der Waals surface area contributed by atoms with Gasteiger partial charge in [0.1, 0.15) is 24.6 Å². The van der Waals surface area contributed by atoms with Crippen LogP contribution in [0.1, 0.15) is 12.8 Å². The summed E-state index contributed by atoms with van der Waals surface area (Å²) in [6, 6.07) is 11.5. The molecule has 4 rings (SSSR count). The van der Waals surface area contributed by atoms with Crippen LogP contribution < -0.4 is 19.6 Å². The third-order valence-corrected chi connectivity index (χ3v) is 4.88. The predicted molar refractivity (Wildman–Crippen MR) is 133 cm³/mol. The van der Waals surface area contributed by atoms with E-state index in [1.54, 1.807) is 58.7 Å². The Balaban J connectivity index is 0.000000228. The van der Waals surface area contributed by atoms with Crippen molar-refractivity contribution in [1.82, 2.24) is 30.1 Å². The number of rotatable bonds is 9. The van der Waals surface area contributed by atoms with Gasteiger partial charge in [-0.1, -0.05) is 9.36 Å². The molecule has 0 saturated carbocycles. The van der Waals surface area contributed by atoms with Crippen LogP contribution in [0, 0.1) is 22.7 Å². The fourth-order valence-electron chi connectivity index (χ4n) is 2.78. The molecule has 0 aromatic carbocycles. The van der Waals surface area contributed by atoms with Gasteiger partial charge in [0, 0.05) is 48.0 Å². The van der Waals surface area contributed by atoms with Crippen LogP contribution in [0.15, 0.2) is 73.8 Å². The van der Waals surface area contributed by atoms with Gasteiger partial charge in [0.2, 0.25) is 0 Å². The van der Waals surface area contributed by atoms with Crippen LogP contribution in [0.25, 0.3) is 22.8 Å². The normalized spacial score (nSPS) is 11.1. The highest BCUT2D eigenvalue weighted by molar-refractivity contribution is 5.80. The number of aliphatic hydroxyl groups excluding tert-OH is 2. The second kappa shape index (κ2) is 17.7. The number of hydrogen-bond donors (Lipinski definition) is 2. The lowest BCUT2D eigenvalue weighted by molar-refractivity contribution is -0.753. The molecule has 4 heterocycles. The van der Waals surface area contributed by atoms with E-state index in [1.165, 1.54) is 0 Å². The number of carbonyl (C=O) groups excluding carboxylic acids is 2. The zero-order valence-electron chi connectivity index (χ0n) is 21.9. The molecule has 0 amide bonds. The van der Waals surface area contributed by atoms with E-state index < -0.39 is 24.1 Å². The minimum atomic E-state index is -2.44. The highest BCUT2D eigenvalue weighted by Gasteiger charge is 2.17. The fourth-order valence-corrected chi connectivity index (χ4v) is 2.78. The molecule has 2 N–H and O–H groups in total. The Morgan fingerprint density at radius 2 is 1.10 bits per heavy atom. The minimum Gasteiger partial charge on any atom is -0.547 e. The van der Waals surface area contributed by atoms with Crippen LogP contribution in [-0.4, -0.2) is 64.5 Å². The second-order valence-electron chi connectivity index (χ2n) is 7.85. The first-order chi connectivity index (χ1) is 20.3. The predicted octanol–water partition coefficient (Wildman–Crippen LogP) is -3.31. The molecular weight excluding hydrogens is 548 g/mol. The highest BCUT2D eigenvalue weighted by atomic mass is 16.4. The molecule has 0 bridgehead atoms. The third kappa shape index (κ3) is 11.1. The molecule has 4 aromatic heterocycles. The number of nitriles is 2. The maximum absolute atomic E-state index is 9.63. The molecule has 2 atom stereocenters. The van der Waals surface area contributed by atoms with Gasteiger partial charge in [-0.3, -0.25) is 0 Å². The summed E-state index contributed by atoms with van der Waals surface area (Å²) in [6.07, 6.45) is 9.86. The Morgan fingerprint density at radius 1 is 0.738 bits per heavy atom. The number of aliphatic carboxylic acids is 2. The first kappa shape index (κ1) is 32.4. The first-order valence-corrected chi connectivity index (χ1v) is 12.0. The van der Waals surface area contributed by atoms with Gasteiger partial charge >= 0.3 is 0 Å². The Hall–Kier alpha value is -5.84. The molecule has 0 radical (unpaired) electrons. The van der Waals surface area contributed by atoms with Crippen molar-refractivity contribution in [3.63, 3.8) is 0 Å². The quantitative estimate of drug-likeness (QED) is 0.186. The summed E-state index contributed by atoms with van der Waals surface area (Å²) in [5, 5.41) is 61.0. The molecule has 4 aromatic rings. The van der Waals surface area contributed by atoms with E-state index >= 15 is 0 Å². The lowest BCUT2D eigenvalue weighted by atomic mass is 10.2. The van der Waals surface area contributed by atoms with E-state index in [1.807, 2.05) is 24.5 Å². The average Bonchev–Trinajstić information content (AvgIpc) is 3.04. The van der Waals surface area contributed by atoms with Crippen molar-refractivity contribution in [1.29, 1.82) is 10.5 Å². The Bertz CT molecular complexity index is 1360. The van der Waals surface area contributed by atoms with Crippen molar-refractivity contribution in [2.45, 2.75) is 38.1 Å². The lowest BCUT2D eigenvalue weighted by Gasteiger charge is -2.18. The number of aromatic nitrogens is 8. The Labute approximate surface area is 239 Å². The Kier molecular flexibility index (Phi) is 13.6. The number of aryl methyl sites for hydroxylation is 2. The van der Waals surface area contributed by atoms with Gasteiger partial charge < -0.3 is 30.0 Å². The number of carboxylic acids is 2. The summed E-state index contributed by atoms with van der Waals surface area (Å²) in [5.41, 5.74) is 1.74. The van der Waals surface area contributed by atoms with E-state index in [-0.39, 0.29) is 0 Å². The van der Waals surface area contributed by atoms with Gasteiger partial charge in [-0.05, 0) is 22.3 Å². The highest BCUT2D eigenvalue weighted by Crippen LogP contribution is 2.10. The summed E-state index contributed by atoms with van der Waals surface area (Å²) in [5.74, 6) is -2.81. The molecule has 16 nitrogen and oxygen atoms in total. The largest absolute Gasteiger partial charge is 0.547 e. The number of hydrogen-bond acceptors (Lipinski definition) is 14. The zero-order valence-corrected chi connectivity index (χ0v) is 21.9. The molecule has 0 spiro atoms. The summed E-state index contributed by atoms with van der Waals surface area (Å²) in [6.45, 7) is 1.21. The molecule has 214 valence electrons. The van der Waals surface area contributed by atoms with Gasteiger partial charge in [0.15, 0.2) is 37.1 Å². The van der Waals surface area contributed by atoms with E-state index in [0.29, 0.717) is 37.6 Å². The summed E-state index contributed by atoms with van der Waals surface area (Å²) < 4.78 is 3.44. The van der Waals surface area contributed by atoms with Gasteiger partial charge in [0.25, 0.3) is 0 Å². The van der Waals surface area contributed by atoms with Crippen molar-refractivity contribution in [3.8, 4) is 34.9 Å². The molecule has 0 fully saturated rings. The summed E-state index contributed by atoms with van der Waals surface area (Å²) in [4.78, 5) is 35.8. The van der Waals surface area contributed by atoms with Gasteiger partial charge in [-0.15, -0.1) is 0 Å². The average molecular weight is 573 g/mol. The van der Waals surface area contributed by atoms with Gasteiger partial charge in [-0.2, -0.15) is 10.5 Å². The van der Waals surface area contributed by atoms with Crippen LogP contribution in [0.2, 0.25) is 0 Å². The molecule has 0 aliphatic carbocycles. The maximum atomic E-state index is 9.63. The molecule has 0 aliphatic rings. The molecule has 16 heteroatoms. The van der Waals surface area contributed by atoms with Crippen LogP contribution in [0.4, 0.5) is 0 Å². The van der Waals surface area contributed by atoms with Crippen molar-refractivity contribution in [2.75, 3.05) is 0 Å². The topological polar surface area (TPSA) is 253 Å². The minimum absolute atomic E-state index is 0.457. The number of aliphatic hydroxyl groups is 2. The van der Waals surface area contributed by atoms with E-state index in [0.717, 1.165) is 11.1 Å². The summed E-state index contributed by atoms with van der Waals surface area (Å²) in [7, 11) is 0. The van der Waals surface area contributed by atoms with Gasteiger partial charge in [0.05, 0.1) is 36.9 Å². The summed E-state index contributed by atoms with van der Waals surface area (Å²) >= 11 is 0. The fraction of sp³-hybridized carbons (Fsp3) is 0.231. The van der Waals surface area contributed by atoms with Gasteiger partial charge in [-0.25, -0.2) is 19.9 Å². The Morgan fingerprint density at radius 3 is 1.36 bits per heavy atom. The smallest absolute Gasteiger partial charge is 0.197 e. The van der Waals surface area contributed by atoms with Crippen LogP contribution in [0.5, 0.6) is 0 Å². The lowest BCUT2D eigenvalue weighted by Crippen LogP contribution is -2.51. The molecular formula is C26H24N10O6. The van der Waals surface area contributed by atoms with E-state index in [4.69, 9.17) is 20.7 Å². The van der Waals surface area contributed by atoms with E-state index in [2.05, 4.69) is 42.3 Å². The SMILES string of the molecule is N#CCC[n+]1ccc(-c2ncccn2)cn1.N#CCC[n+]1ccc(-c2ncccn2)cn1.O=C([O-])C(O)C(O)C(=O)[O-]. The molecule has 2 unspecified atom stereocenters.